The number of rotatable bonds is 5. The number of amides is 1. The van der Waals surface area contributed by atoms with Crippen molar-refractivity contribution in [2.45, 2.75) is 45.1 Å². The summed E-state index contributed by atoms with van der Waals surface area (Å²) in [4.78, 5) is 11.7. The third kappa shape index (κ3) is 3.58. The lowest BCUT2D eigenvalue weighted by molar-refractivity contribution is -0.128. The van der Waals surface area contributed by atoms with Gasteiger partial charge in [-0.1, -0.05) is 36.8 Å². The Balaban J connectivity index is 1.70. The van der Waals surface area contributed by atoms with Gasteiger partial charge in [-0.25, -0.2) is 0 Å². The van der Waals surface area contributed by atoms with E-state index in [0.717, 1.165) is 25.7 Å². The fourth-order valence-corrected chi connectivity index (χ4v) is 2.13. The first-order valence-electron chi connectivity index (χ1n) is 6.60. The zero-order chi connectivity index (χ0) is 12.1. The summed E-state index contributed by atoms with van der Waals surface area (Å²) in [6.07, 6.45) is 5.43. The lowest BCUT2D eigenvalue weighted by Crippen LogP contribution is -2.39. The van der Waals surface area contributed by atoms with Crippen molar-refractivity contribution >= 4 is 5.91 Å². The summed E-state index contributed by atoms with van der Waals surface area (Å²) in [5.74, 6) is 0.561. The zero-order valence-corrected chi connectivity index (χ0v) is 10.5. The quantitative estimate of drug-likeness (QED) is 0.829. The van der Waals surface area contributed by atoms with E-state index in [9.17, 15) is 4.79 Å². The molecule has 1 atom stereocenters. The standard InChI is InChI=1S/C15H21NO/c1-12(16-15(17)14-8-5-9-14)10-11-13-6-3-2-4-7-13/h2-4,6-7,12,14H,5,8-11H2,1H3,(H,16,17)/t12-/m0/s1. The molecule has 1 aromatic carbocycles. The summed E-state index contributed by atoms with van der Waals surface area (Å²) < 4.78 is 0. The van der Waals surface area contributed by atoms with Crippen molar-refractivity contribution in [2.75, 3.05) is 0 Å². The van der Waals surface area contributed by atoms with E-state index in [-0.39, 0.29) is 11.9 Å². The van der Waals surface area contributed by atoms with Gasteiger partial charge in [-0.05, 0) is 38.2 Å². The van der Waals surface area contributed by atoms with Crippen LogP contribution in [0.4, 0.5) is 0 Å². The second-order valence-corrected chi connectivity index (χ2v) is 5.06. The van der Waals surface area contributed by atoms with E-state index in [2.05, 4.69) is 36.5 Å². The van der Waals surface area contributed by atoms with Crippen LogP contribution in [-0.2, 0) is 11.2 Å². The van der Waals surface area contributed by atoms with E-state index in [4.69, 9.17) is 0 Å². The largest absolute Gasteiger partial charge is 0.353 e. The van der Waals surface area contributed by atoms with E-state index >= 15 is 0 Å². The monoisotopic (exact) mass is 231 g/mol. The molecule has 0 unspecified atom stereocenters. The second kappa shape index (κ2) is 5.85. The molecular formula is C15H21NO. The predicted octanol–water partition coefficient (Wildman–Crippen LogP) is 2.92. The number of carbonyl (C=O) groups excluding carboxylic acids is 1. The molecular weight excluding hydrogens is 210 g/mol. The summed E-state index contributed by atoms with van der Waals surface area (Å²) in [5, 5.41) is 3.11. The summed E-state index contributed by atoms with van der Waals surface area (Å²) in [6.45, 7) is 2.10. The molecule has 17 heavy (non-hydrogen) atoms. The second-order valence-electron chi connectivity index (χ2n) is 5.06. The van der Waals surface area contributed by atoms with Crippen LogP contribution in [0, 0.1) is 5.92 Å². The molecule has 0 radical (unpaired) electrons. The van der Waals surface area contributed by atoms with Gasteiger partial charge in [-0.15, -0.1) is 0 Å². The van der Waals surface area contributed by atoms with Crippen molar-refractivity contribution in [3.63, 3.8) is 0 Å². The van der Waals surface area contributed by atoms with Gasteiger partial charge < -0.3 is 5.32 Å². The molecule has 1 saturated carbocycles. The molecule has 0 heterocycles. The maximum Gasteiger partial charge on any atom is 0.223 e. The molecule has 0 aromatic heterocycles. The van der Waals surface area contributed by atoms with Crippen LogP contribution in [0.2, 0.25) is 0 Å². The number of hydrogen-bond acceptors (Lipinski definition) is 1. The van der Waals surface area contributed by atoms with Gasteiger partial charge in [-0.3, -0.25) is 4.79 Å². The molecule has 1 fully saturated rings. The van der Waals surface area contributed by atoms with Gasteiger partial charge in [0.25, 0.3) is 0 Å². The number of aryl methyl sites for hydroxylation is 1. The van der Waals surface area contributed by atoms with Crippen molar-refractivity contribution in [3.05, 3.63) is 35.9 Å². The van der Waals surface area contributed by atoms with E-state index in [1.807, 2.05) is 6.07 Å². The lowest BCUT2D eigenvalue weighted by atomic mass is 9.84. The zero-order valence-electron chi connectivity index (χ0n) is 10.5. The van der Waals surface area contributed by atoms with E-state index in [1.165, 1.54) is 12.0 Å². The molecule has 0 aliphatic heterocycles. The molecule has 2 rings (SSSR count). The maximum absolute atomic E-state index is 11.7. The fraction of sp³-hybridized carbons (Fsp3) is 0.533. The van der Waals surface area contributed by atoms with Gasteiger partial charge in [0, 0.05) is 12.0 Å². The Labute approximate surface area is 103 Å². The average molecular weight is 231 g/mol. The van der Waals surface area contributed by atoms with Crippen LogP contribution in [0.1, 0.15) is 38.2 Å². The topological polar surface area (TPSA) is 29.1 Å². The highest BCUT2D eigenvalue weighted by atomic mass is 16.1. The van der Waals surface area contributed by atoms with E-state index in [1.54, 1.807) is 0 Å². The Bertz CT molecular complexity index is 356. The van der Waals surface area contributed by atoms with Crippen LogP contribution < -0.4 is 5.32 Å². The Morgan fingerprint density at radius 2 is 2.06 bits per heavy atom. The molecule has 0 saturated heterocycles. The molecule has 1 aliphatic carbocycles. The average Bonchev–Trinajstić information content (AvgIpc) is 2.25. The molecule has 1 aromatic rings. The Kier molecular flexibility index (Phi) is 4.18. The minimum absolute atomic E-state index is 0.261. The van der Waals surface area contributed by atoms with Crippen LogP contribution in [0.15, 0.2) is 30.3 Å². The van der Waals surface area contributed by atoms with Gasteiger partial charge in [0.15, 0.2) is 0 Å². The first-order valence-corrected chi connectivity index (χ1v) is 6.60. The molecule has 1 N–H and O–H groups in total. The number of nitrogens with one attached hydrogen (secondary N) is 1. The van der Waals surface area contributed by atoms with Crippen LogP contribution in [0.25, 0.3) is 0 Å². The molecule has 1 amide bonds. The van der Waals surface area contributed by atoms with Crippen LogP contribution in [-0.4, -0.2) is 11.9 Å². The fourth-order valence-electron chi connectivity index (χ4n) is 2.13. The van der Waals surface area contributed by atoms with E-state index < -0.39 is 0 Å². The van der Waals surface area contributed by atoms with Crippen molar-refractivity contribution in [3.8, 4) is 0 Å². The third-order valence-corrected chi connectivity index (χ3v) is 3.57. The van der Waals surface area contributed by atoms with Crippen molar-refractivity contribution < 1.29 is 4.79 Å². The summed E-state index contributed by atoms with van der Waals surface area (Å²) in [7, 11) is 0. The SMILES string of the molecule is C[C@@H](CCc1ccccc1)NC(=O)C1CCC1. The summed E-state index contributed by atoms with van der Waals surface area (Å²) in [6, 6.07) is 10.7. The van der Waals surface area contributed by atoms with Gasteiger partial charge in [0.05, 0.1) is 0 Å². The third-order valence-electron chi connectivity index (χ3n) is 3.57. The highest BCUT2D eigenvalue weighted by molar-refractivity contribution is 5.79. The van der Waals surface area contributed by atoms with Crippen LogP contribution in [0.5, 0.6) is 0 Å². The summed E-state index contributed by atoms with van der Waals surface area (Å²) in [5.41, 5.74) is 1.34. The number of carbonyl (C=O) groups is 1. The predicted molar refractivity (Wildman–Crippen MR) is 69.7 cm³/mol. The molecule has 1 aliphatic rings. The Morgan fingerprint density at radius 1 is 1.35 bits per heavy atom. The van der Waals surface area contributed by atoms with Gasteiger partial charge in [-0.2, -0.15) is 0 Å². The number of benzene rings is 1. The Morgan fingerprint density at radius 3 is 2.65 bits per heavy atom. The van der Waals surface area contributed by atoms with Gasteiger partial charge >= 0.3 is 0 Å². The minimum atomic E-state index is 0.261. The first-order chi connectivity index (χ1) is 8.25. The van der Waals surface area contributed by atoms with Crippen molar-refractivity contribution in [2.24, 2.45) is 5.92 Å². The highest BCUT2D eigenvalue weighted by Gasteiger charge is 2.25. The smallest absolute Gasteiger partial charge is 0.223 e. The normalized spacial score (nSPS) is 17.2. The highest BCUT2D eigenvalue weighted by Crippen LogP contribution is 2.26. The molecule has 2 nitrogen and oxygen atoms in total. The molecule has 92 valence electrons. The van der Waals surface area contributed by atoms with Crippen LogP contribution >= 0.6 is 0 Å². The van der Waals surface area contributed by atoms with Crippen molar-refractivity contribution in [1.29, 1.82) is 0 Å². The molecule has 0 bridgehead atoms. The van der Waals surface area contributed by atoms with Gasteiger partial charge in [0.1, 0.15) is 0 Å². The lowest BCUT2D eigenvalue weighted by Gasteiger charge is -2.26. The van der Waals surface area contributed by atoms with Gasteiger partial charge in [0.2, 0.25) is 5.91 Å². The molecule has 2 heteroatoms. The van der Waals surface area contributed by atoms with E-state index in [0.29, 0.717) is 5.92 Å². The van der Waals surface area contributed by atoms with Crippen LogP contribution in [0.3, 0.4) is 0 Å². The first kappa shape index (κ1) is 12.2. The summed E-state index contributed by atoms with van der Waals surface area (Å²) >= 11 is 0. The molecule has 0 spiro atoms. The van der Waals surface area contributed by atoms with Crippen molar-refractivity contribution in [1.82, 2.24) is 5.32 Å². The minimum Gasteiger partial charge on any atom is -0.353 e. The number of hydrogen-bond donors (Lipinski definition) is 1. The Hall–Kier alpha value is -1.31. The maximum atomic E-state index is 11.7.